The fourth-order valence-corrected chi connectivity index (χ4v) is 1.94. The summed E-state index contributed by atoms with van der Waals surface area (Å²) in [6, 6.07) is 2.79. The summed E-state index contributed by atoms with van der Waals surface area (Å²) in [4.78, 5) is 26.5. The second kappa shape index (κ2) is 4.90. The molecule has 2 rings (SSSR count). The van der Waals surface area contributed by atoms with E-state index < -0.39 is 32.3 Å². The zero-order valence-corrected chi connectivity index (χ0v) is 10.6. The van der Waals surface area contributed by atoms with Gasteiger partial charge in [-0.1, -0.05) is 0 Å². The van der Waals surface area contributed by atoms with Crippen LogP contribution in [0, 0.1) is 5.82 Å². The number of primary sulfonamides is 1. The van der Waals surface area contributed by atoms with Gasteiger partial charge < -0.3 is 15.3 Å². The normalized spacial score (nSPS) is 11.3. The van der Waals surface area contributed by atoms with Crippen LogP contribution in [-0.2, 0) is 10.0 Å². The summed E-state index contributed by atoms with van der Waals surface area (Å²) in [5.74, 6) is -1.73. The zero-order chi connectivity index (χ0) is 14.9. The largest absolute Gasteiger partial charge is 0.323 e. The van der Waals surface area contributed by atoms with E-state index in [9.17, 15) is 22.4 Å². The van der Waals surface area contributed by atoms with Crippen molar-refractivity contribution in [1.82, 2.24) is 9.97 Å². The smallest absolute Gasteiger partial charge is 0.318 e. The summed E-state index contributed by atoms with van der Waals surface area (Å²) in [6.07, 6.45) is 1.12. The van der Waals surface area contributed by atoms with E-state index in [0.29, 0.717) is 6.07 Å². The molecule has 1 heterocycles. The Hall–Kier alpha value is -2.46. The van der Waals surface area contributed by atoms with Gasteiger partial charge in [0.25, 0.3) is 5.91 Å². The number of rotatable bonds is 3. The highest BCUT2D eigenvalue weighted by Crippen LogP contribution is 2.18. The van der Waals surface area contributed by atoms with E-state index in [-0.39, 0.29) is 11.4 Å². The Labute approximate surface area is 111 Å². The van der Waals surface area contributed by atoms with Crippen LogP contribution in [0.3, 0.4) is 0 Å². The molecule has 0 saturated heterocycles. The first-order chi connectivity index (χ1) is 9.27. The van der Waals surface area contributed by atoms with Crippen LogP contribution in [0.4, 0.5) is 10.1 Å². The molecule has 2 aromatic rings. The minimum Gasteiger partial charge on any atom is -0.318 e. The predicted molar refractivity (Wildman–Crippen MR) is 67.1 cm³/mol. The van der Waals surface area contributed by atoms with Gasteiger partial charge in [0.15, 0.2) is 0 Å². The molecule has 0 aliphatic rings. The Kier molecular flexibility index (Phi) is 3.42. The maximum absolute atomic E-state index is 13.6. The van der Waals surface area contributed by atoms with Crippen LogP contribution < -0.4 is 16.1 Å². The van der Waals surface area contributed by atoms with E-state index in [0.717, 1.165) is 18.3 Å². The van der Waals surface area contributed by atoms with Gasteiger partial charge in [-0.2, -0.15) is 0 Å². The first kappa shape index (κ1) is 14.0. The molecule has 0 unspecified atom stereocenters. The van der Waals surface area contributed by atoms with Crippen LogP contribution in [0.2, 0.25) is 0 Å². The summed E-state index contributed by atoms with van der Waals surface area (Å²) >= 11 is 0. The lowest BCUT2D eigenvalue weighted by Gasteiger charge is -2.06. The van der Waals surface area contributed by atoms with Crippen molar-refractivity contribution in [2.45, 2.75) is 4.90 Å². The number of amides is 1. The number of imidazole rings is 1. The molecule has 0 bridgehead atoms. The summed E-state index contributed by atoms with van der Waals surface area (Å²) in [6.45, 7) is 0. The van der Waals surface area contributed by atoms with Crippen LogP contribution in [0.5, 0.6) is 0 Å². The number of halogens is 1. The number of aromatic nitrogens is 2. The second-order valence-electron chi connectivity index (χ2n) is 3.80. The fraction of sp³-hybridized carbons (Fsp3) is 0. The van der Waals surface area contributed by atoms with Gasteiger partial charge in [-0.3, -0.25) is 4.79 Å². The minimum absolute atomic E-state index is 0.0927. The Morgan fingerprint density at radius 3 is 2.55 bits per heavy atom. The number of carbonyl (C=O) groups excluding carboxylic acids is 1. The van der Waals surface area contributed by atoms with E-state index in [1.54, 1.807) is 0 Å². The highest BCUT2D eigenvalue weighted by atomic mass is 32.2. The molecule has 0 aliphatic heterocycles. The first-order valence-corrected chi connectivity index (χ1v) is 6.73. The Morgan fingerprint density at radius 1 is 1.35 bits per heavy atom. The minimum atomic E-state index is -4.02. The third kappa shape index (κ3) is 2.92. The van der Waals surface area contributed by atoms with Crippen molar-refractivity contribution in [3.8, 4) is 0 Å². The van der Waals surface area contributed by atoms with E-state index in [1.807, 2.05) is 0 Å². The number of nitrogens with two attached hydrogens (primary N) is 1. The summed E-state index contributed by atoms with van der Waals surface area (Å²) in [5, 5.41) is 7.02. The molecule has 0 aliphatic carbocycles. The summed E-state index contributed by atoms with van der Waals surface area (Å²) in [7, 11) is -4.02. The standard InChI is InChI=1S/C10H9FN4O4S/c11-6-3-5(20(12,18)19)1-2-7(6)14-9(16)8-4-13-10(17)15-8/h1-4H,(H,14,16)(H2,12,18,19)(H2,13,15,17). The second-order valence-corrected chi connectivity index (χ2v) is 5.36. The maximum atomic E-state index is 13.6. The van der Waals surface area contributed by atoms with Crippen molar-refractivity contribution in [2.75, 3.05) is 5.32 Å². The number of hydrogen-bond donors (Lipinski definition) is 4. The van der Waals surface area contributed by atoms with E-state index >= 15 is 0 Å². The predicted octanol–water partition coefficient (Wildman–Crippen LogP) is -0.258. The van der Waals surface area contributed by atoms with Crippen molar-refractivity contribution >= 4 is 21.6 Å². The molecule has 0 atom stereocenters. The molecule has 0 saturated carbocycles. The highest BCUT2D eigenvalue weighted by molar-refractivity contribution is 7.89. The van der Waals surface area contributed by atoms with Gasteiger partial charge in [-0.25, -0.2) is 22.7 Å². The van der Waals surface area contributed by atoms with Crippen molar-refractivity contribution in [2.24, 2.45) is 5.14 Å². The average Bonchev–Trinajstić information content (AvgIpc) is 2.77. The van der Waals surface area contributed by atoms with Crippen LogP contribution in [0.25, 0.3) is 0 Å². The Morgan fingerprint density at radius 2 is 2.05 bits per heavy atom. The van der Waals surface area contributed by atoms with Crippen molar-refractivity contribution in [1.29, 1.82) is 0 Å². The molecular weight excluding hydrogens is 291 g/mol. The van der Waals surface area contributed by atoms with Crippen LogP contribution in [0.15, 0.2) is 34.1 Å². The number of nitrogens with one attached hydrogen (secondary N) is 3. The SMILES string of the molecule is NS(=O)(=O)c1ccc(NC(=O)c2c[nH]c(=O)[nH]2)c(F)c1. The fourth-order valence-electron chi connectivity index (χ4n) is 1.42. The van der Waals surface area contributed by atoms with Gasteiger partial charge in [0.1, 0.15) is 11.5 Å². The van der Waals surface area contributed by atoms with Crippen molar-refractivity contribution < 1.29 is 17.6 Å². The molecule has 20 heavy (non-hydrogen) atoms. The molecule has 5 N–H and O–H groups in total. The lowest BCUT2D eigenvalue weighted by Crippen LogP contribution is -2.16. The molecule has 1 aromatic heterocycles. The van der Waals surface area contributed by atoms with E-state index in [2.05, 4.69) is 15.3 Å². The van der Waals surface area contributed by atoms with Gasteiger partial charge in [0, 0.05) is 6.20 Å². The molecule has 1 amide bonds. The monoisotopic (exact) mass is 300 g/mol. The number of benzene rings is 1. The van der Waals surface area contributed by atoms with E-state index in [4.69, 9.17) is 5.14 Å². The molecule has 8 nitrogen and oxygen atoms in total. The molecular formula is C10H9FN4O4S. The van der Waals surface area contributed by atoms with Gasteiger partial charge >= 0.3 is 5.69 Å². The molecule has 0 radical (unpaired) electrons. The molecule has 1 aromatic carbocycles. The third-order valence-electron chi connectivity index (χ3n) is 2.36. The number of aromatic amines is 2. The van der Waals surface area contributed by atoms with Crippen LogP contribution in [0.1, 0.15) is 10.5 Å². The molecule has 0 fully saturated rings. The molecule has 10 heteroatoms. The maximum Gasteiger partial charge on any atom is 0.323 e. The summed E-state index contributed by atoms with van der Waals surface area (Å²) < 4.78 is 35.7. The first-order valence-electron chi connectivity index (χ1n) is 5.19. The van der Waals surface area contributed by atoms with Gasteiger partial charge in [-0.05, 0) is 18.2 Å². The highest BCUT2D eigenvalue weighted by Gasteiger charge is 2.14. The van der Waals surface area contributed by atoms with Crippen LogP contribution >= 0.6 is 0 Å². The quantitative estimate of drug-likeness (QED) is 0.620. The Bertz CT molecular complexity index is 824. The lowest BCUT2D eigenvalue weighted by atomic mass is 10.3. The average molecular weight is 300 g/mol. The lowest BCUT2D eigenvalue weighted by molar-refractivity contribution is 0.102. The number of hydrogen-bond acceptors (Lipinski definition) is 4. The third-order valence-corrected chi connectivity index (χ3v) is 3.27. The van der Waals surface area contributed by atoms with Crippen LogP contribution in [-0.4, -0.2) is 24.3 Å². The zero-order valence-electron chi connectivity index (χ0n) is 9.81. The Balaban J connectivity index is 2.27. The van der Waals surface area contributed by atoms with Crippen molar-refractivity contribution in [3.05, 3.63) is 46.4 Å². The molecule has 0 spiro atoms. The molecule has 106 valence electrons. The van der Waals surface area contributed by atoms with Gasteiger partial charge in [0.2, 0.25) is 10.0 Å². The number of carbonyl (C=O) groups is 1. The summed E-state index contributed by atoms with van der Waals surface area (Å²) in [5.41, 5.74) is -0.922. The van der Waals surface area contributed by atoms with Gasteiger partial charge in [-0.15, -0.1) is 0 Å². The van der Waals surface area contributed by atoms with Gasteiger partial charge in [0.05, 0.1) is 10.6 Å². The number of sulfonamides is 1. The number of H-pyrrole nitrogens is 2. The van der Waals surface area contributed by atoms with Crippen molar-refractivity contribution in [3.63, 3.8) is 0 Å². The van der Waals surface area contributed by atoms with E-state index in [1.165, 1.54) is 0 Å². The topological polar surface area (TPSA) is 138 Å². The number of anilines is 1.